The quantitative estimate of drug-likeness (QED) is 0.398. The Morgan fingerprint density at radius 3 is 1.58 bits per heavy atom. The maximum atomic E-state index is 10.3. The molecular weight excluding hydrogens is 262 g/mol. The van der Waals surface area contributed by atoms with E-state index in [-0.39, 0.29) is 0 Å². The molecule has 110 valence electrons. The Balaban J connectivity index is 0.000000443. The molecule has 0 aromatic rings. The molecule has 1 aliphatic heterocycles. The zero-order valence-corrected chi connectivity index (χ0v) is 10.2. The van der Waals surface area contributed by atoms with Crippen molar-refractivity contribution in [3.8, 4) is 0 Å². The van der Waals surface area contributed by atoms with E-state index in [1.54, 1.807) is 0 Å². The second-order valence-corrected chi connectivity index (χ2v) is 3.84. The number of carboxylic acids is 3. The molecule has 0 radical (unpaired) electrons. The third-order valence-electron chi connectivity index (χ3n) is 2.13. The number of carbonyl (C=O) groups is 3. The van der Waals surface area contributed by atoms with E-state index in [1.807, 2.05) is 0 Å². The predicted molar refractivity (Wildman–Crippen MR) is 60.8 cm³/mol. The maximum absolute atomic E-state index is 10.3. The fourth-order valence-electron chi connectivity index (χ4n) is 1.23. The van der Waals surface area contributed by atoms with Gasteiger partial charge in [0.1, 0.15) is 0 Å². The van der Waals surface area contributed by atoms with Crippen LogP contribution >= 0.6 is 0 Å². The van der Waals surface area contributed by atoms with Crippen LogP contribution in [0.3, 0.4) is 0 Å². The molecule has 9 nitrogen and oxygen atoms in total. The van der Waals surface area contributed by atoms with Gasteiger partial charge in [0.05, 0.1) is 26.1 Å². The molecule has 1 heterocycles. The van der Waals surface area contributed by atoms with Crippen LogP contribution in [0.4, 0.5) is 0 Å². The molecule has 1 fully saturated rings. The first-order valence-corrected chi connectivity index (χ1v) is 5.46. The zero-order chi connectivity index (χ0) is 14.9. The largest absolute Gasteiger partial charge is 0.481 e. The van der Waals surface area contributed by atoms with Crippen LogP contribution in [0.5, 0.6) is 0 Å². The molecule has 1 saturated heterocycles. The van der Waals surface area contributed by atoms with Crippen molar-refractivity contribution >= 4 is 17.9 Å². The van der Waals surface area contributed by atoms with E-state index in [4.69, 9.17) is 25.2 Å². The van der Waals surface area contributed by atoms with Crippen molar-refractivity contribution < 1.29 is 39.5 Å². The summed E-state index contributed by atoms with van der Waals surface area (Å²) in [5.41, 5.74) is -2.74. The lowest BCUT2D eigenvalue weighted by atomic mass is 9.96. The maximum Gasteiger partial charge on any atom is 0.336 e. The topological polar surface area (TPSA) is 153 Å². The van der Waals surface area contributed by atoms with Crippen molar-refractivity contribution in [3.63, 3.8) is 0 Å². The molecule has 0 saturated carbocycles. The van der Waals surface area contributed by atoms with Gasteiger partial charge in [-0.2, -0.15) is 0 Å². The van der Waals surface area contributed by atoms with Gasteiger partial charge in [0.2, 0.25) is 0 Å². The normalized spacial score (nSPS) is 15.0. The Kier molecular flexibility index (Phi) is 7.65. The van der Waals surface area contributed by atoms with Crippen LogP contribution in [-0.4, -0.2) is 70.2 Å². The molecule has 0 aromatic carbocycles. The molecule has 0 unspecified atom stereocenters. The fourth-order valence-corrected chi connectivity index (χ4v) is 1.23. The third-order valence-corrected chi connectivity index (χ3v) is 2.13. The summed E-state index contributed by atoms with van der Waals surface area (Å²) in [5.74, 6) is -5.02. The lowest BCUT2D eigenvalue weighted by molar-refractivity contribution is -0.170. The van der Waals surface area contributed by atoms with Crippen molar-refractivity contribution in [3.05, 3.63) is 0 Å². The average Bonchev–Trinajstić information content (AvgIpc) is 2.29. The number of hydrogen-bond donors (Lipinski definition) is 5. The van der Waals surface area contributed by atoms with Gasteiger partial charge in [-0.1, -0.05) is 0 Å². The summed E-state index contributed by atoms with van der Waals surface area (Å²) in [6, 6.07) is 0. The van der Waals surface area contributed by atoms with Crippen molar-refractivity contribution in [1.82, 2.24) is 5.32 Å². The number of aliphatic hydroxyl groups is 1. The smallest absolute Gasteiger partial charge is 0.336 e. The number of nitrogens with one attached hydrogen (secondary N) is 1. The molecular formula is C10H17NO8. The Hall–Kier alpha value is -1.71. The van der Waals surface area contributed by atoms with Gasteiger partial charge in [0.25, 0.3) is 0 Å². The standard InChI is InChI=1S/C6H8O7.C4H9NO/c7-3(8)1-6(13,5(11)12)2-4(9)10;1-3-6-4-2-5-1/h13H,1-2H2,(H,7,8)(H,9,10)(H,11,12);5H,1-4H2. The number of aliphatic carboxylic acids is 3. The molecule has 0 bridgehead atoms. The zero-order valence-electron chi connectivity index (χ0n) is 10.2. The third kappa shape index (κ3) is 8.08. The highest BCUT2D eigenvalue weighted by Gasteiger charge is 2.40. The highest BCUT2D eigenvalue weighted by atomic mass is 16.5. The molecule has 9 heteroatoms. The van der Waals surface area contributed by atoms with Crippen LogP contribution in [0, 0.1) is 0 Å². The van der Waals surface area contributed by atoms with E-state index in [2.05, 4.69) is 5.32 Å². The van der Waals surface area contributed by atoms with Gasteiger partial charge in [-0.05, 0) is 0 Å². The van der Waals surface area contributed by atoms with Gasteiger partial charge in [-0.25, -0.2) is 4.79 Å². The second kappa shape index (κ2) is 8.40. The highest BCUT2D eigenvalue weighted by molar-refractivity contribution is 5.88. The van der Waals surface area contributed by atoms with Gasteiger partial charge >= 0.3 is 17.9 Å². The van der Waals surface area contributed by atoms with E-state index in [9.17, 15) is 14.4 Å². The predicted octanol–water partition coefficient (Wildman–Crippen LogP) is -1.64. The molecule has 0 amide bonds. The Morgan fingerprint density at radius 2 is 1.42 bits per heavy atom. The number of rotatable bonds is 5. The Labute approximate surface area is 108 Å². The molecule has 19 heavy (non-hydrogen) atoms. The summed E-state index contributed by atoms with van der Waals surface area (Å²) >= 11 is 0. The molecule has 5 N–H and O–H groups in total. The minimum Gasteiger partial charge on any atom is -0.481 e. The number of morpholine rings is 1. The van der Waals surface area contributed by atoms with Crippen LogP contribution in [0.15, 0.2) is 0 Å². The summed E-state index contributed by atoms with van der Waals surface area (Å²) in [5, 5.41) is 37.0. The molecule has 0 spiro atoms. The van der Waals surface area contributed by atoms with E-state index in [0.717, 1.165) is 26.3 Å². The number of carboxylic acid groups (broad SMARTS) is 3. The van der Waals surface area contributed by atoms with Crippen LogP contribution in [0.2, 0.25) is 0 Å². The van der Waals surface area contributed by atoms with Crippen LogP contribution < -0.4 is 5.32 Å². The van der Waals surface area contributed by atoms with Gasteiger partial charge < -0.3 is 30.5 Å². The van der Waals surface area contributed by atoms with E-state index >= 15 is 0 Å². The van der Waals surface area contributed by atoms with E-state index in [1.165, 1.54) is 0 Å². The van der Waals surface area contributed by atoms with Gasteiger partial charge in [0.15, 0.2) is 5.60 Å². The lowest BCUT2D eigenvalue weighted by Crippen LogP contribution is -2.42. The van der Waals surface area contributed by atoms with Crippen LogP contribution in [0.1, 0.15) is 12.8 Å². The number of ether oxygens (including phenoxy) is 1. The fraction of sp³-hybridized carbons (Fsp3) is 0.700. The second-order valence-electron chi connectivity index (χ2n) is 3.84. The van der Waals surface area contributed by atoms with Gasteiger partial charge in [-0.3, -0.25) is 9.59 Å². The van der Waals surface area contributed by atoms with Crippen LogP contribution in [0.25, 0.3) is 0 Å². The molecule has 0 aromatic heterocycles. The summed E-state index contributed by atoms with van der Waals surface area (Å²) in [6.45, 7) is 3.83. The first-order chi connectivity index (χ1) is 8.78. The van der Waals surface area contributed by atoms with E-state index < -0.39 is 36.4 Å². The van der Waals surface area contributed by atoms with Gasteiger partial charge in [-0.15, -0.1) is 0 Å². The molecule has 1 rings (SSSR count). The SMILES string of the molecule is C1COCCN1.O=C(O)CC(O)(CC(=O)O)C(=O)O. The van der Waals surface area contributed by atoms with E-state index in [0.29, 0.717) is 0 Å². The van der Waals surface area contributed by atoms with Crippen molar-refractivity contribution in [2.45, 2.75) is 18.4 Å². The first kappa shape index (κ1) is 17.3. The minimum atomic E-state index is -2.74. The highest BCUT2D eigenvalue weighted by Crippen LogP contribution is 2.15. The van der Waals surface area contributed by atoms with Crippen molar-refractivity contribution in [1.29, 1.82) is 0 Å². The van der Waals surface area contributed by atoms with Gasteiger partial charge in [0, 0.05) is 13.1 Å². The van der Waals surface area contributed by atoms with Crippen LogP contribution in [-0.2, 0) is 19.1 Å². The van der Waals surface area contributed by atoms with Crippen molar-refractivity contribution in [2.75, 3.05) is 26.3 Å². The molecule has 0 aliphatic carbocycles. The Morgan fingerprint density at radius 1 is 1.00 bits per heavy atom. The molecule has 0 atom stereocenters. The molecule has 1 aliphatic rings. The summed E-state index contributed by atoms with van der Waals surface area (Å²) in [7, 11) is 0. The minimum absolute atomic E-state index is 0.889. The summed E-state index contributed by atoms with van der Waals surface area (Å²) < 4.78 is 5.01. The first-order valence-electron chi connectivity index (χ1n) is 5.46. The summed E-state index contributed by atoms with van der Waals surface area (Å²) in [4.78, 5) is 30.5. The average molecular weight is 279 g/mol. The number of hydrogen-bond acceptors (Lipinski definition) is 6. The lowest BCUT2D eigenvalue weighted by Gasteiger charge is -2.18. The Bertz CT molecular complexity index is 298. The summed E-state index contributed by atoms with van der Waals surface area (Å²) in [6.07, 6.45) is -2.29. The monoisotopic (exact) mass is 279 g/mol. The van der Waals surface area contributed by atoms with Crippen molar-refractivity contribution in [2.24, 2.45) is 0 Å².